The number of hydrogen-bond acceptors (Lipinski definition) is 4. The average Bonchev–Trinajstić information content (AvgIpc) is 2.86. The normalized spacial score (nSPS) is 22.9. The lowest BCUT2D eigenvalue weighted by Crippen LogP contribution is -2.48. The van der Waals surface area contributed by atoms with Crippen molar-refractivity contribution in [3.63, 3.8) is 0 Å². The van der Waals surface area contributed by atoms with Crippen molar-refractivity contribution in [2.45, 2.75) is 39.3 Å². The molecule has 0 radical (unpaired) electrons. The van der Waals surface area contributed by atoms with Gasteiger partial charge in [-0.3, -0.25) is 4.98 Å². The van der Waals surface area contributed by atoms with Crippen LogP contribution in [0.3, 0.4) is 0 Å². The summed E-state index contributed by atoms with van der Waals surface area (Å²) in [5.41, 5.74) is 1.64. The van der Waals surface area contributed by atoms with Crippen molar-refractivity contribution < 1.29 is 4.74 Å². The van der Waals surface area contributed by atoms with Crippen molar-refractivity contribution in [3.05, 3.63) is 30.1 Å². The van der Waals surface area contributed by atoms with Gasteiger partial charge in [0.15, 0.2) is 0 Å². The molecule has 1 aliphatic rings. The molecule has 4 nitrogen and oxygen atoms in total. The van der Waals surface area contributed by atoms with Gasteiger partial charge in [0.05, 0.1) is 6.61 Å². The molecule has 0 saturated carbocycles. The smallest absolute Gasteiger partial charge is 0.0547 e. The van der Waals surface area contributed by atoms with Crippen molar-refractivity contribution in [1.82, 2.24) is 15.2 Å². The fraction of sp³-hybridized carbons (Fsp3) is 0.706. The fourth-order valence-electron chi connectivity index (χ4n) is 2.85. The summed E-state index contributed by atoms with van der Waals surface area (Å²) in [5, 5.41) is 3.65. The van der Waals surface area contributed by atoms with E-state index in [1.807, 2.05) is 18.5 Å². The molecule has 1 fully saturated rings. The highest BCUT2D eigenvalue weighted by molar-refractivity contribution is 5.08. The Morgan fingerprint density at radius 3 is 2.81 bits per heavy atom. The Morgan fingerprint density at radius 1 is 1.43 bits per heavy atom. The number of hydrogen-bond donors (Lipinski definition) is 1. The van der Waals surface area contributed by atoms with E-state index in [1.165, 1.54) is 5.56 Å². The zero-order valence-electron chi connectivity index (χ0n) is 13.9. The van der Waals surface area contributed by atoms with Gasteiger partial charge in [-0.05, 0) is 45.9 Å². The van der Waals surface area contributed by atoms with Crippen LogP contribution in [0, 0.1) is 5.41 Å². The molecule has 1 aliphatic heterocycles. The molecule has 1 N–H and O–H groups in total. The summed E-state index contributed by atoms with van der Waals surface area (Å²) < 4.78 is 5.70. The van der Waals surface area contributed by atoms with Gasteiger partial charge >= 0.3 is 0 Å². The summed E-state index contributed by atoms with van der Waals surface area (Å²) in [6, 6.07) is 4.13. The maximum absolute atomic E-state index is 5.70. The Morgan fingerprint density at radius 2 is 2.24 bits per heavy atom. The second-order valence-corrected chi connectivity index (χ2v) is 7.44. The van der Waals surface area contributed by atoms with E-state index in [0.717, 1.165) is 39.3 Å². The van der Waals surface area contributed by atoms with Crippen LogP contribution in [0.4, 0.5) is 0 Å². The van der Waals surface area contributed by atoms with Crippen LogP contribution in [0.5, 0.6) is 0 Å². The van der Waals surface area contributed by atoms with E-state index in [1.54, 1.807) is 0 Å². The van der Waals surface area contributed by atoms with E-state index in [9.17, 15) is 0 Å². The second kappa shape index (κ2) is 6.86. The molecule has 4 heteroatoms. The Kier molecular flexibility index (Phi) is 5.36. The maximum Gasteiger partial charge on any atom is 0.0547 e. The number of pyridine rings is 1. The van der Waals surface area contributed by atoms with Crippen molar-refractivity contribution >= 4 is 0 Å². The number of nitrogens with zero attached hydrogens (tertiary/aromatic N) is 2. The summed E-state index contributed by atoms with van der Waals surface area (Å²) in [4.78, 5) is 6.58. The number of ether oxygens (including phenoxy) is 1. The van der Waals surface area contributed by atoms with Gasteiger partial charge in [-0.15, -0.1) is 0 Å². The molecular weight excluding hydrogens is 262 g/mol. The van der Waals surface area contributed by atoms with Crippen LogP contribution in [-0.2, 0) is 11.3 Å². The Bertz CT molecular complexity index is 421. The van der Waals surface area contributed by atoms with Crippen molar-refractivity contribution in [1.29, 1.82) is 0 Å². The summed E-state index contributed by atoms with van der Waals surface area (Å²) in [7, 11) is 2.18. The van der Waals surface area contributed by atoms with Crippen LogP contribution >= 0.6 is 0 Å². The number of nitrogens with one attached hydrogen (secondary N) is 1. The van der Waals surface area contributed by atoms with Gasteiger partial charge in [-0.25, -0.2) is 0 Å². The SMILES string of the molecule is CN(Cc1cccnc1)CC1(CNC(C)(C)C)CCOC1. The van der Waals surface area contributed by atoms with Gasteiger partial charge in [0.25, 0.3) is 0 Å². The van der Waals surface area contributed by atoms with Crippen molar-refractivity contribution in [2.24, 2.45) is 5.41 Å². The first-order chi connectivity index (χ1) is 9.89. The summed E-state index contributed by atoms with van der Waals surface area (Å²) >= 11 is 0. The Labute approximate surface area is 128 Å². The molecule has 2 rings (SSSR count). The standard InChI is InChI=1S/C17H29N3O/c1-16(2,3)19-12-17(7-9-21-14-17)13-20(4)11-15-6-5-8-18-10-15/h5-6,8,10,19H,7,9,11-14H2,1-4H3. The van der Waals surface area contributed by atoms with Crippen LogP contribution in [0.1, 0.15) is 32.8 Å². The minimum Gasteiger partial charge on any atom is -0.381 e. The molecule has 2 heterocycles. The zero-order chi connectivity index (χ0) is 15.3. The third-order valence-electron chi connectivity index (χ3n) is 3.96. The van der Waals surface area contributed by atoms with E-state index in [-0.39, 0.29) is 11.0 Å². The van der Waals surface area contributed by atoms with Crippen molar-refractivity contribution in [3.8, 4) is 0 Å². The predicted molar refractivity (Wildman–Crippen MR) is 86.2 cm³/mol. The van der Waals surface area contributed by atoms with E-state index < -0.39 is 0 Å². The molecule has 1 aromatic rings. The van der Waals surface area contributed by atoms with Crippen molar-refractivity contribution in [2.75, 3.05) is 33.4 Å². The highest BCUT2D eigenvalue weighted by Crippen LogP contribution is 2.29. The third kappa shape index (κ3) is 5.38. The van der Waals surface area contributed by atoms with Gasteiger partial charge in [-0.1, -0.05) is 6.07 Å². The lowest BCUT2D eigenvalue weighted by atomic mass is 9.85. The molecule has 0 aliphatic carbocycles. The highest BCUT2D eigenvalue weighted by Gasteiger charge is 2.36. The van der Waals surface area contributed by atoms with E-state index >= 15 is 0 Å². The molecule has 1 unspecified atom stereocenters. The Balaban J connectivity index is 1.92. The van der Waals surface area contributed by atoms with Crippen LogP contribution in [0.15, 0.2) is 24.5 Å². The molecule has 0 spiro atoms. The average molecular weight is 291 g/mol. The fourth-order valence-corrected chi connectivity index (χ4v) is 2.85. The first-order valence-corrected chi connectivity index (χ1v) is 7.79. The minimum absolute atomic E-state index is 0.150. The van der Waals surface area contributed by atoms with Gasteiger partial charge in [0, 0.05) is 49.6 Å². The zero-order valence-corrected chi connectivity index (χ0v) is 13.9. The molecule has 1 aromatic heterocycles. The van der Waals surface area contributed by atoms with Crippen LogP contribution < -0.4 is 5.32 Å². The highest BCUT2D eigenvalue weighted by atomic mass is 16.5. The summed E-state index contributed by atoms with van der Waals surface area (Å²) in [6.45, 7) is 11.4. The second-order valence-electron chi connectivity index (χ2n) is 7.44. The molecule has 118 valence electrons. The molecule has 1 saturated heterocycles. The topological polar surface area (TPSA) is 37.4 Å². The summed E-state index contributed by atoms with van der Waals surface area (Å²) in [5.74, 6) is 0. The summed E-state index contributed by atoms with van der Waals surface area (Å²) in [6.07, 6.45) is 4.90. The molecule has 21 heavy (non-hydrogen) atoms. The number of rotatable bonds is 6. The molecule has 1 atom stereocenters. The Hall–Kier alpha value is -0.970. The molecule has 0 bridgehead atoms. The van der Waals surface area contributed by atoms with Gasteiger partial charge in [0.1, 0.15) is 0 Å². The monoisotopic (exact) mass is 291 g/mol. The van der Waals surface area contributed by atoms with Crippen LogP contribution in [0.2, 0.25) is 0 Å². The lowest BCUT2D eigenvalue weighted by Gasteiger charge is -2.35. The molecule has 0 aromatic carbocycles. The lowest BCUT2D eigenvalue weighted by molar-refractivity contribution is 0.111. The molecular formula is C17H29N3O. The third-order valence-corrected chi connectivity index (χ3v) is 3.96. The van der Waals surface area contributed by atoms with Gasteiger partial charge in [-0.2, -0.15) is 0 Å². The van der Waals surface area contributed by atoms with Gasteiger partial charge < -0.3 is 15.0 Å². The number of aromatic nitrogens is 1. The predicted octanol–water partition coefficient (Wildman–Crippen LogP) is 2.31. The van der Waals surface area contributed by atoms with E-state index in [2.05, 4.69) is 49.1 Å². The van der Waals surface area contributed by atoms with E-state index in [4.69, 9.17) is 4.74 Å². The maximum atomic E-state index is 5.70. The molecule has 0 amide bonds. The largest absolute Gasteiger partial charge is 0.381 e. The minimum atomic E-state index is 0.150. The van der Waals surface area contributed by atoms with Crippen LogP contribution in [-0.4, -0.2) is 48.8 Å². The quantitative estimate of drug-likeness (QED) is 0.873. The van der Waals surface area contributed by atoms with Gasteiger partial charge in [0.2, 0.25) is 0 Å². The first-order valence-electron chi connectivity index (χ1n) is 7.79. The van der Waals surface area contributed by atoms with Crippen LogP contribution in [0.25, 0.3) is 0 Å². The first kappa shape index (κ1) is 16.4. The van der Waals surface area contributed by atoms with E-state index in [0.29, 0.717) is 0 Å².